The van der Waals surface area contributed by atoms with Gasteiger partial charge in [0, 0.05) is 20.2 Å². The van der Waals surface area contributed by atoms with E-state index in [4.69, 9.17) is 10.5 Å². The molecule has 0 saturated carbocycles. The van der Waals surface area contributed by atoms with Crippen LogP contribution in [0.4, 0.5) is 0 Å². The minimum Gasteiger partial charge on any atom is -0.377 e. The summed E-state index contributed by atoms with van der Waals surface area (Å²) in [5, 5.41) is 3.21. The van der Waals surface area contributed by atoms with E-state index in [2.05, 4.69) is 24.1 Å². The van der Waals surface area contributed by atoms with Crippen LogP contribution in [0.1, 0.15) is 39.5 Å². The fourth-order valence-corrected chi connectivity index (χ4v) is 2.64. The molecule has 1 saturated heterocycles. The summed E-state index contributed by atoms with van der Waals surface area (Å²) >= 11 is 0. The average Bonchev–Trinajstić information content (AvgIpc) is 2.38. The monoisotopic (exact) mass is 271 g/mol. The number of piperidine rings is 1. The van der Waals surface area contributed by atoms with Gasteiger partial charge in [-0.2, -0.15) is 0 Å². The quantitative estimate of drug-likeness (QED) is 0.683. The molecule has 0 spiro atoms. The topological polar surface area (TPSA) is 67.6 Å². The van der Waals surface area contributed by atoms with E-state index >= 15 is 0 Å². The summed E-state index contributed by atoms with van der Waals surface area (Å²) in [5.74, 6) is -0.250. The number of primary amides is 1. The molecule has 0 aromatic heterocycles. The Bertz CT molecular complexity index is 286. The van der Waals surface area contributed by atoms with Crippen molar-refractivity contribution in [2.24, 2.45) is 5.73 Å². The van der Waals surface area contributed by atoms with Crippen LogP contribution in [-0.4, -0.2) is 55.7 Å². The summed E-state index contributed by atoms with van der Waals surface area (Å²) in [6.07, 6.45) is 4.03. The molecular weight excluding hydrogens is 242 g/mol. The van der Waals surface area contributed by atoms with Gasteiger partial charge in [0.1, 0.15) is 0 Å². The van der Waals surface area contributed by atoms with Crippen molar-refractivity contribution in [2.75, 3.05) is 33.3 Å². The highest BCUT2D eigenvalue weighted by molar-refractivity contribution is 5.79. The Kier molecular flexibility index (Phi) is 6.75. The first-order valence-corrected chi connectivity index (χ1v) is 7.31. The number of likely N-dealkylation sites (tertiary alicyclic amines) is 1. The number of hydrogen-bond acceptors (Lipinski definition) is 4. The van der Waals surface area contributed by atoms with Crippen LogP contribution in [0.3, 0.4) is 0 Å². The molecule has 19 heavy (non-hydrogen) atoms. The maximum atomic E-state index is 11.4. The second-order valence-electron chi connectivity index (χ2n) is 5.73. The molecule has 1 heterocycles. The average molecular weight is 271 g/mol. The van der Waals surface area contributed by atoms with Crippen LogP contribution in [0, 0.1) is 0 Å². The van der Waals surface area contributed by atoms with Crippen molar-refractivity contribution in [3.8, 4) is 0 Å². The number of nitrogens with two attached hydrogens (primary N) is 1. The Hall–Kier alpha value is -0.650. The van der Waals surface area contributed by atoms with Crippen molar-refractivity contribution >= 4 is 5.91 Å². The van der Waals surface area contributed by atoms with Gasteiger partial charge in [-0.15, -0.1) is 0 Å². The maximum Gasteiger partial charge on any atom is 0.234 e. The van der Waals surface area contributed by atoms with Crippen molar-refractivity contribution in [1.82, 2.24) is 10.2 Å². The van der Waals surface area contributed by atoms with E-state index in [9.17, 15) is 4.79 Å². The molecule has 112 valence electrons. The summed E-state index contributed by atoms with van der Waals surface area (Å²) in [6, 6.07) is -0.212. The molecule has 1 aliphatic rings. The molecule has 0 radical (unpaired) electrons. The van der Waals surface area contributed by atoms with E-state index in [0.29, 0.717) is 0 Å². The third kappa shape index (κ3) is 5.47. The van der Waals surface area contributed by atoms with E-state index in [1.807, 2.05) is 0 Å². The predicted molar refractivity (Wildman–Crippen MR) is 77.0 cm³/mol. The Labute approximate surface area is 116 Å². The molecular formula is C14H29N3O2. The Morgan fingerprint density at radius 1 is 1.58 bits per heavy atom. The molecule has 0 aliphatic carbocycles. The lowest BCUT2D eigenvalue weighted by Gasteiger charge is -2.39. The number of methoxy groups -OCH3 is 1. The zero-order valence-corrected chi connectivity index (χ0v) is 12.6. The lowest BCUT2D eigenvalue weighted by Crippen LogP contribution is -2.49. The molecule has 0 aromatic carbocycles. The largest absolute Gasteiger partial charge is 0.377 e. The molecule has 0 aromatic rings. The SMILES string of the molecule is CCCNC(CCN1CCCC(C)(OC)C1)C(N)=O. The molecule has 1 aliphatic heterocycles. The van der Waals surface area contributed by atoms with Crippen LogP contribution in [0.5, 0.6) is 0 Å². The minimum atomic E-state index is -0.250. The van der Waals surface area contributed by atoms with Gasteiger partial charge < -0.3 is 20.7 Å². The van der Waals surface area contributed by atoms with E-state index in [1.54, 1.807) is 7.11 Å². The van der Waals surface area contributed by atoms with Crippen LogP contribution in [0.25, 0.3) is 0 Å². The van der Waals surface area contributed by atoms with Crippen molar-refractivity contribution in [1.29, 1.82) is 0 Å². The molecule has 2 unspecified atom stereocenters. The fourth-order valence-electron chi connectivity index (χ4n) is 2.64. The second kappa shape index (κ2) is 7.82. The van der Waals surface area contributed by atoms with Crippen molar-refractivity contribution in [2.45, 2.75) is 51.2 Å². The van der Waals surface area contributed by atoms with Crippen molar-refractivity contribution in [3.63, 3.8) is 0 Å². The number of rotatable bonds is 8. The van der Waals surface area contributed by atoms with Gasteiger partial charge in [0.05, 0.1) is 11.6 Å². The van der Waals surface area contributed by atoms with Gasteiger partial charge >= 0.3 is 0 Å². The van der Waals surface area contributed by atoms with Gasteiger partial charge in [-0.05, 0) is 45.7 Å². The first-order chi connectivity index (χ1) is 9.00. The smallest absolute Gasteiger partial charge is 0.234 e. The zero-order chi connectivity index (χ0) is 14.3. The predicted octanol–water partition coefficient (Wildman–Crippen LogP) is 0.731. The number of nitrogens with zero attached hydrogens (tertiary/aromatic N) is 1. The summed E-state index contributed by atoms with van der Waals surface area (Å²) in [5.41, 5.74) is 5.38. The maximum absolute atomic E-state index is 11.4. The number of nitrogens with one attached hydrogen (secondary N) is 1. The third-order valence-corrected chi connectivity index (χ3v) is 3.95. The first-order valence-electron chi connectivity index (χ1n) is 7.31. The van der Waals surface area contributed by atoms with Crippen LogP contribution >= 0.6 is 0 Å². The van der Waals surface area contributed by atoms with Gasteiger partial charge in [-0.1, -0.05) is 6.92 Å². The minimum absolute atomic E-state index is 0.0443. The third-order valence-electron chi connectivity index (χ3n) is 3.95. The summed E-state index contributed by atoms with van der Waals surface area (Å²) in [4.78, 5) is 13.7. The highest BCUT2D eigenvalue weighted by Gasteiger charge is 2.30. The molecule has 2 atom stereocenters. The highest BCUT2D eigenvalue weighted by atomic mass is 16.5. The molecule has 0 bridgehead atoms. The van der Waals surface area contributed by atoms with Gasteiger partial charge in [0.15, 0.2) is 0 Å². The summed E-state index contributed by atoms with van der Waals surface area (Å²) in [6.45, 7) is 7.98. The highest BCUT2D eigenvalue weighted by Crippen LogP contribution is 2.23. The molecule has 5 heteroatoms. The van der Waals surface area contributed by atoms with E-state index in [0.717, 1.165) is 51.9 Å². The number of carbonyl (C=O) groups is 1. The molecule has 1 amide bonds. The lowest BCUT2D eigenvalue weighted by molar-refractivity contribution is -0.120. The van der Waals surface area contributed by atoms with Gasteiger partial charge in [-0.3, -0.25) is 4.79 Å². The van der Waals surface area contributed by atoms with Crippen LogP contribution in [0.2, 0.25) is 0 Å². The first kappa shape index (κ1) is 16.4. The van der Waals surface area contributed by atoms with Crippen LogP contribution in [-0.2, 0) is 9.53 Å². The fraction of sp³-hybridized carbons (Fsp3) is 0.929. The van der Waals surface area contributed by atoms with Gasteiger partial charge in [0.2, 0.25) is 5.91 Å². The summed E-state index contributed by atoms with van der Waals surface area (Å²) < 4.78 is 5.58. The zero-order valence-electron chi connectivity index (χ0n) is 12.6. The molecule has 1 fully saturated rings. The molecule has 1 rings (SSSR count). The van der Waals surface area contributed by atoms with E-state index < -0.39 is 0 Å². The Balaban J connectivity index is 2.39. The van der Waals surface area contributed by atoms with Crippen LogP contribution < -0.4 is 11.1 Å². The normalized spacial score (nSPS) is 26.3. The number of hydrogen-bond donors (Lipinski definition) is 2. The number of carbonyl (C=O) groups excluding carboxylic acids is 1. The number of ether oxygens (including phenoxy) is 1. The number of amides is 1. The lowest BCUT2D eigenvalue weighted by atomic mass is 9.94. The Morgan fingerprint density at radius 3 is 2.89 bits per heavy atom. The van der Waals surface area contributed by atoms with Crippen LogP contribution in [0.15, 0.2) is 0 Å². The second-order valence-corrected chi connectivity index (χ2v) is 5.73. The Morgan fingerprint density at radius 2 is 2.32 bits per heavy atom. The van der Waals surface area contributed by atoms with Crippen molar-refractivity contribution < 1.29 is 9.53 Å². The standard InChI is InChI=1S/C14H29N3O2/c1-4-8-16-12(13(15)18)6-10-17-9-5-7-14(2,11-17)19-3/h12,16H,4-11H2,1-3H3,(H2,15,18). The van der Waals surface area contributed by atoms with Crippen molar-refractivity contribution in [3.05, 3.63) is 0 Å². The molecule has 5 nitrogen and oxygen atoms in total. The van der Waals surface area contributed by atoms with Gasteiger partial charge in [-0.25, -0.2) is 0 Å². The summed E-state index contributed by atoms with van der Waals surface area (Å²) in [7, 11) is 1.78. The van der Waals surface area contributed by atoms with E-state index in [1.165, 1.54) is 0 Å². The molecule has 3 N–H and O–H groups in total. The van der Waals surface area contributed by atoms with E-state index in [-0.39, 0.29) is 17.6 Å². The van der Waals surface area contributed by atoms with Gasteiger partial charge in [0.25, 0.3) is 0 Å².